The van der Waals surface area contributed by atoms with Crippen molar-refractivity contribution in [1.29, 1.82) is 5.26 Å². The zero-order valence-electron chi connectivity index (χ0n) is 13.4. The summed E-state index contributed by atoms with van der Waals surface area (Å²) in [6.45, 7) is 2.04. The quantitative estimate of drug-likeness (QED) is 0.895. The van der Waals surface area contributed by atoms with Crippen molar-refractivity contribution in [1.82, 2.24) is 25.0 Å². The van der Waals surface area contributed by atoms with Crippen LogP contribution in [-0.4, -0.2) is 52.0 Å². The van der Waals surface area contributed by atoms with Crippen LogP contribution in [0.4, 0.5) is 9.18 Å². The van der Waals surface area contributed by atoms with E-state index < -0.39 is 0 Å². The summed E-state index contributed by atoms with van der Waals surface area (Å²) < 4.78 is 20.1. The van der Waals surface area contributed by atoms with Crippen molar-refractivity contribution in [3.63, 3.8) is 0 Å². The van der Waals surface area contributed by atoms with Crippen LogP contribution in [0.25, 0.3) is 0 Å². The van der Waals surface area contributed by atoms with Gasteiger partial charge in [0.25, 0.3) is 5.82 Å². The first kappa shape index (κ1) is 16.9. The highest BCUT2D eigenvalue weighted by Gasteiger charge is 2.28. The summed E-state index contributed by atoms with van der Waals surface area (Å²) in [7, 11) is 0. The summed E-state index contributed by atoms with van der Waals surface area (Å²) in [4.78, 5) is 18.0. The molecule has 2 aromatic rings. The van der Waals surface area contributed by atoms with Gasteiger partial charge in [-0.25, -0.2) is 18.9 Å². The van der Waals surface area contributed by atoms with Gasteiger partial charge in [-0.2, -0.15) is 5.26 Å². The van der Waals surface area contributed by atoms with Gasteiger partial charge in [0.2, 0.25) is 0 Å². The van der Waals surface area contributed by atoms with E-state index in [2.05, 4.69) is 15.4 Å². The van der Waals surface area contributed by atoms with Crippen molar-refractivity contribution < 1.29 is 13.9 Å². The number of urea groups is 1. The summed E-state index contributed by atoms with van der Waals surface area (Å²) in [5.74, 6) is -0.225. The molecule has 9 heteroatoms. The van der Waals surface area contributed by atoms with Gasteiger partial charge in [0, 0.05) is 13.1 Å². The average molecular weight is 344 g/mol. The van der Waals surface area contributed by atoms with Crippen molar-refractivity contribution in [2.24, 2.45) is 0 Å². The van der Waals surface area contributed by atoms with Gasteiger partial charge in [0.05, 0.1) is 25.8 Å². The molecule has 1 atom stereocenters. The standard InChI is InChI=1S/C16H17FN6O2/c17-13-3-1-12(2-4-13)14-10-25-8-7-23(14)16(24)19-5-6-22-11-20-15(9-18)21-22/h1-4,11,14H,5-8,10H2,(H,19,24). The Morgan fingerprint density at radius 3 is 2.96 bits per heavy atom. The van der Waals surface area contributed by atoms with Crippen molar-refractivity contribution in [2.45, 2.75) is 12.6 Å². The van der Waals surface area contributed by atoms with Gasteiger partial charge in [0.1, 0.15) is 18.2 Å². The number of benzene rings is 1. The second-order valence-electron chi connectivity index (χ2n) is 5.51. The number of carbonyl (C=O) groups excluding carboxylic acids is 1. The molecule has 2 amide bonds. The molecule has 1 unspecified atom stereocenters. The molecule has 130 valence electrons. The van der Waals surface area contributed by atoms with E-state index in [-0.39, 0.29) is 23.7 Å². The van der Waals surface area contributed by atoms with Gasteiger partial charge >= 0.3 is 6.03 Å². The zero-order valence-corrected chi connectivity index (χ0v) is 13.4. The van der Waals surface area contributed by atoms with Crippen molar-refractivity contribution >= 4 is 6.03 Å². The molecule has 2 heterocycles. The maximum absolute atomic E-state index is 13.1. The Hall–Kier alpha value is -2.99. The molecule has 1 N–H and O–H groups in total. The van der Waals surface area contributed by atoms with E-state index >= 15 is 0 Å². The second-order valence-corrected chi connectivity index (χ2v) is 5.51. The third kappa shape index (κ3) is 4.10. The van der Waals surface area contributed by atoms with Crippen LogP contribution in [0.15, 0.2) is 30.6 Å². The lowest BCUT2D eigenvalue weighted by atomic mass is 10.1. The first-order chi connectivity index (χ1) is 12.2. The molecule has 0 radical (unpaired) electrons. The summed E-state index contributed by atoms with van der Waals surface area (Å²) in [6.07, 6.45) is 1.45. The molecule has 0 aliphatic carbocycles. The number of hydrogen-bond donors (Lipinski definition) is 1. The topological polar surface area (TPSA) is 96.1 Å². The number of aromatic nitrogens is 3. The number of hydrogen-bond acceptors (Lipinski definition) is 5. The van der Waals surface area contributed by atoms with Crippen LogP contribution in [0.2, 0.25) is 0 Å². The van der Waals surface area contributed by atoms with Gasteiger partial charge in [-0.3, -0.25) is 0 Å². The van der Waals surface area contributed by atoms with Crippen LogP contribution in [0.1, 0.15) is 17.4 Å². The molecule has 1 aliphatic heterocycles. The minimum atomic E-state index is -0.318. The predicted molar refractivity (Wildman–Crippen MR) is 84.8 cm³/mol. The molecule has 3 rings (SSSR count). The molecular formula is C16H17FN6O2. The van der Waals surface area contributed by atoms with E-state index in [1.54, 1.807) is 17.0 Å². The molecule has 0 bridgehead atoms. The van der Waals surface area contributed by atoms with Gasteiger partial charge in [-0.05, 0) is 17.7 Å². The predicted octanol–water partition coefficient (Wildman–Crippen LogP) is 1.07. The van der Waals surface area contributed by atoms with E-state index in [0.717, 1.165) is 5.56 Å². The number of ether oxygens (including phenoxy) is 1. The van der Waals surface area contributed by atoms with Crippen LogP contribution in [0.3, 0.4) is 0 Å². The average Bonchev–Trinajstić information content (AvgIpc) is 3.10. The third-order valence-corrected chi connectivity index (χ3v) is 3.90. The van der Waals surface area contributed by atoms with Crippen molar-refractivity contribution in [3.8, 4) is 6.07 Å². The minimum absolute atomic E-state index is 0.0934. The zero-order chi connectivity index (χ0) is 17.6. The fourth-order valence-electron chi connectivity index (χ4n) is 2.64. The number of nitrogens with zero attached hydrogens (tertiary/aromatic N) is 5. The molecule has 1 aliphatic rings. The molecular weight excluding hydrogens is 327 g/mol. The Kier molecular flexibility index (Phi) is 5.20. The van der Waals surface area contributed by atoms with Gasteiger partial charge < -0.3 is 15.0 Å². The number of carbonyl (C=O) groups is 1. The fourth-order valence-corrected chi connectivity index (χ4v) is 2.64. The van der Waals surface area contributed by atoms with E-state index in [9.17, 15) is 9.18 Å². The smallest absolute Gasteiger partial charge is 0.318 e. The van der Waals surface area contributed by atoms with Crippen molar-refractivity contribution in [2.75, 3.05) is 26.3 Å². The van der Waals surface area contributed by atoms with Crippen LogP contribution in [0, 0.1) is 17.1 Å². The second kappa shape index (κ2) is 7.72. The normalized spacial score (nSPS) is 17.1. The Labute approximate surface area is 143 Å². The third-order valence-electron chi connectivity index (χ3n) is 3.90. The molecule has 1 aromatic heterocycles. The summed E-state index contributed by atoms with van der Waals surface area (Å²) in [5.41, 5.74) is 0.825. The van der Waals surface area contributed by atoms with Crippen LogP contribution >= 0.6 is 0 Å². The number of rotatable bonds is 4. The van der Waals surface area contributed by atoms with Gasteiger partial charge in [-0.1, -0.05) is 12.1 Å². The SMILES string of the molecule is N#Cc1ncn(CCNC(=O)N2CCOCC2c2ccc(F)cc2)n1. The summed E-state index contributed by atoms with van der Waals surface area (Å²) in [5, 5.41) is 15.4. The minimum Gasteiger partial charge on any atom is -0.377 e. The maximum Gasteiger partial charge on any atom is 0.318 e. The van der Waals surface area contributed by atoms with Crippen LogP contribution in [-0.2, 0) is 11.3 Å². The first-order valence-corrected chi connectivity index (χ1v) is 7.84. The largest absolute Gasteiger partial charge is 0.377 e. The maximum atomic E-state index is 13.1. The van der Waals surface area contributed by atoms with Crippen LogP contribution in [0.5, 0.6) is 0 Å². The van der Waals surface area contributed by atoms with E-state index in [0.29, 0.717) is 32.8 Å². The number of morpholine rings is 1. The lowest BCUT2D eigenvalue weighted by Crippen LogP contribution is -2.48. The number of nitriles is 1. The number of amides is 2. The van der Waals surface area contributed by atoms with Gasteiger partial charge in [0.15, 0.2) is 0 Å². The molecule has 1 saturated heterocycles. The molecule has 1 fully saturated rings. The Balaban J connectivity index is 1.58. The van der Waals surface area contributed by atoms with E-state index in [1.165, 1.54) is 23.1 Å². The lowest BCUT2D eigenvalue weighted by molar-refractivity contribution is 0.0116. The Morgan fingerprint density at radius 2 is 2.24 bits per heavy atom. The highest BCUT2D eigenvalue weighted by atomic mass is 19.1. The van der Waals surface area contributed by atoms with Gasteiger partial charge in [-0.15, -0.1) is 5.10 Å². The Morgan fingerprint density at radius 1 is 1.44 bits per heavy atom. The summed E-state index contributed by atoms with van der Waals surface area (Å²) in [6, 6.07) is 7.43. The summed E-state index contributed by atoms with van der Waals surface area (Å²) >= 11 is 0. The fraction of sp³-hybridized carbons (Fsp3) is 0.375. The van der Waals surface area contributed by atoms with Crippen molar-refractivity contribution in [3.05, 3.63) is 47.8 Å². The number of halogens is 1. The van der Waals surface area contributed by atoms with E-state index in [4.69, 9.17) is 10.00 Å². The highest BCUT2D eigenvalue weighted by Crippen LogP contribution is 2.24. The highest BCUT2D eigenvalue weighted by molar-refractivity contribution is 5.74. The molecule has 1 aromatic carbocycles. The monoisotopic (exact) mass is 344 g/mol. The lowest BCUT2D eigenvalue weighted by Gasteiger charge is -2.35. The molecule has 0 saturated carbocycles. The molecule has 25 heavy (non-hydrogen) atoms. The van der Waals surface area contributed by atoms with E-state index in [1.807, 2.05) is 6.07 Å². The Bertz CT molecular complexity index is 770. The number of nitrogens with one attached hydrogen (secondary N) is 1. The molecule has 0 spiro atoms. The molecule has 8 nitrogen and oxygen atoms in total. The first-order valence-electron chi connectivity index (χ1n) is 7.84. The van der Waals surface area contributed by atoms with Crippen LogP contribution < -0.4 is 5.32 Å².